The minimum absolute atomic E-state index is 0.0851. The number of aromatic amines is 2. The fourth-order valence-electron chi connectivity index (χ4n) is 2.34. The number of hydrogen-bond acceptors (Lipinski definition) is 5. The summed E-state index contributed by atoms with van der Waals surface area (Å²) in [5.41, 5.74) is 1.41. The van der Waals surface area contributed by atoms with Crippen molar-refractivity contribution in [3.8, 4) is 22.6 Å². The van der Waals surface area contributed by atoms with E-state index in [0.29, 0.717) is 11.4 Å². The second-order valence-electron chi connectivity index (χ2n) is 5.11. The van der Waals surface area contributed by atoms with Crippen LogP contribution in [0.4, 0.5) is 10.3 Å². The molecule has 0 atom stereocenters. The van der Waals surface area contributed by atoms with Gasteiger partial charge >= 0.3 is 0 Å². The minimum Gasteiger partial charge on any atom is -0.472 e. The third-order valence-corrected chi connectivity index (χ3v) is 3.53. The Kier molecular flexibility index (Phi) is 3.58. The van der Waals surface area contributed by atoms with Crippen LogP contribution >= 0.6 is 0 Å². The van der Waals surface area contributed by atoms with Gasteiger partial charge in [-0.15, -0.1) is 5.10 Å². The maximum absolute atomic E-state index is 14.0. The zero-order chi connectivity index (χ0) is 17.2. The molecule has 8 nitrogen and oxygen atoms in total. The predicted octanol–water partition coefficient (Wildman–Crippen LogP) is 2.85. The molecular formula is C16H11FN6O2. The molecule has 0 aliphatic heterocycles. The summed E-state index contributed by atoms with van der Waals surface area (Å²) in [7, 11) is 0. The molecule has 25 heavy (non-hydrogen) atoms. The summed E-state index contributed by atoms with van der Waals surface area (Å²) in [6, 6.07) is 7.82. The summed E-state index contributed by atoms with van der Waals surface area (Å²) < 4.78 is 18.9. The van der Waals surface area contributed by atoms with Crippen molar-refractivity contribution in [2.45, 2.75) is 0 Å². The SMILES string of the molecule is O=C(Nc1n[nH]c(-c2ccoc2)n1)c1cn[nH]c1-c1ccccc1F. The third-order valence-electron chi connectivity index (χ3n) is 3.53. The average molecular weight is 338 g/mol. The van der Waals surface area contributed by atoms with Gasteiger partial charge in [0.1, 0.15) is 12.1 Å². The van der Waals surface area contributed by atoms with Crippen molar-refractivity contribution in [3.05, 3.63) is 60.4 Å². The van der Waals surface area contributed by atoms with Crippen molar-refractivity contribution in [2.24, 2.45) is 0 Å². The second kappa shape index (κ2) is 6.04. The molecule has 4 rings (SSSR count). The van der Waals surface area contributed by atoms with Crippen LogP contribution in [-0.4, -0.2) is 31.3 Å². The largest absolute Gasteiger partial charge is 0.472 e. The number of aromatic nitrogens is 5. The van der Waals surface area contributed by atoms with Crippen LogP contribution in [0.25, 0.3) is 22.6 Å². The van der Waals surface area contributed by atoms with E-state index in [1.54, 1.807) is 24.3 Å². The van der Waals surface area contributed by atoms with Crippen molar-refractivity contribution in [2.75, 3.05) is 5.32 Å². The fourth-order valence-corrected chi connectivity index (χ4v) is 2.34. The maximum atomic E-state index is 14.0. The number of carbonyl (C=O) groups excluding carboxylic acids is 1. The van der Waals surface area contributed by atoms with Gasteiger partial charge in [-0.1, -0.05) is 12.1 Å². The lowest BCUT2D eigenvalue weighted by Crippen LogP contribution is -2.13. The molecule has 3 heterocycles. The topological polar surface area (TPSA) is 112 Å². The van der Waals surface area contributed by atoms with Crippen LogP contribution in [0.5, 0.6) is 0 Å². The molecule has 0 aliphatic carbocycles. The lowest BCUT2D eigenvalue weighted by Gasteiger charge is -2.04. The molecule has 0 unspecified atom stereocenters. The lowest BCUT2D eigenvalue weighted by molar-refractivity contribution is 0.102. The quantitative estimate of drug-likeness (QED) is 0.529. The van der Waals surface area contributed by atoms with Crippen molar-refractivity contribution in [1.29, 1.82) is 0 Å². The van der Waals surface area contributed by atoms with Gasteiger partial charge in [-0.2, -0.15) is 10.1 Å². The molecule has 124 valence electrons. The molecular weight excluding hydrogens is 327 g/mol. The van der Waals surface area contributed by atoms with Crippen LogP contribution in [0.3, 0.4) is 0 Å². The third kappa shape index (κ3) is 2.78. The Hall–Kier alpha value is -3.75. The smallest absolute Gasteiger partial charge is 0.261 e. The number of H-pyrrole nitrogens is 2. The van der Waals surface area contributed by atoms with Crippen molar-refractivity contribution in [3.63, 3.8) is 0 Å². The van der Waals surface area contributed by atoms with Crippen LogP contribution in [-0.2, 0) is 0 Å². The Balaban J connectivity index is 1.59. The van der Waals surface area contributed by atoms with Crippen LogP contribution in [0.15, 0.2) is 53.5 Å². The first-order chi connectivity index (χ1) is 12.2. The van der Waals surface area contributed by atoms with Crippen LogP contribution in [0.2, 0.25) is 0 Å². The Labute approximate surface area is 140 Å². The van der Waals surface area contributed by atoms with E-state index < -0.39 is 11.7 Å². The molecule has 0 spiro atoms. The highest BCUT2D eigenvalue weighted by Gasteiger charge is 2.19. The number of halogens is 1. The van der Waals surface area contributed by atoms with Crippen molar-refractivity contribution < 1.29 is 13.6 Å². The Morgan fingerprint density at radius 1 is 1.20 bits per heavy atom. The molecule has 0 saturated heterocycles. The molecule has 0 radical (unpaired) electrons. The van der Waals surface area contributed by atoms with E-state index >= 15 is 0 Å². The number of benzene rings is 1. The van der Waals surface area contributed by atoms with E-state index in [-0.39, 0.29) is 22.8 Å². The van der Waals surface area contributed by atoms with E-state index in [2.05, 4.69) is 30.7 Å². The number of rotatable bonds is 4. The van der Waals surface area contributed by atoms with Gasteiger partial charge in [-0.25, -0.2) is 4.39 Å². The zero-order valence-electron chi connectivity index (χ0n) is 12.7. The minimum atomic E-state index is -0.509. The Morgan fingerprint density at radius 3 is 2.88 bits per heavy atom. The van der Waals surface area contributed by atoms with E-state index in [1.807, 2.05) is 0 Å². The van der Waals surface area contributed by atoms with E-state index in [9.17, 15) is 9.18 Å². The predicted molar refractivity (Wildman–Crippen MR) is 86.0 cm³/mol. The normalized spacial score (nSPS) is 10.8. The van der Waals surface area contributed by atoms with Gasteiger partial charge in [-0.3, -0.25) is 20.3 Å². The molecule has 1 aromatic carbocycles. The van der Waals surface area contributed by atoms with Crippen LogP contribution in [0.1, 0.15) is 10.4 Å². The molecule has 4 aromatic rings. The summed E-state index contributed by atoms with van der Waals surface area (Å²) in [4.78, 5) is 16.6. The molecule has 3 aromatic heterocycles. The highest BCUT2D eigenvalue weighted by Crippen LogP contribution is 2.24. The average Bonchev–Trinajstić information content (AvgIpc) is 3.36. The van der Waals surface area contributed by atoms with Gasteiger partial charge in [0, 0.05) is 5.56 Å². The molecule has 0 saturated carbocycles. The fraction of sp³-hybridized carbons (Fsp3) is 0. The van der Waals surface area contributed by atoms with Crippen molar-refractivity contribution >= 4 is 11.9 Å². The monoisotopic (exact) mass is 338 g/mol. The number of amides is 1. The van der Waals surface area contributed by atoms with Gasteiger partial charge in [0.25, 0.3) is 5.91 Å². The highest BCUT2D eigenvalue weighted by atomic mass is 19.1. The number of carbonyl (C=O) groups is 1. The zero-order valence-corrected chi connectivity index (χ0v) is 12.7. The summed E-state index contributed by atoms with van der Waals surface area (Å²) in [5.74, 6) is -0.432. The summed E-state index contributed by atoms with van der Waals surface area (Å²) in [5, 5.41) is 15.7. The standard InChI is InChI=1S/C16H11FN6O2/c17-12-4-2-1-3-10(12)13-11(7-18-21-13)15(24)20-16-19-14(22-23-16)9-5-6-25-8-9/h1-8H,(H,18,21)(H2,19,20,22,23,24). The molecule has 3 N–H and O–H groups in total. The summed E-state index contributed by atoms with van der Waals surface area (Å²) in [6.45, 7) is 0. The Morgan fingerprint density at radius 2 is 2.08 bits per heavy atom. The number of furan rings is 1. The number of anilines is 1. The van der Waals surface area contributed by atoms with Gasteiger partial charge in [-0.05, 0) is 18.2 Å². The molecule has 0 aliphatic rings. The van der Waals surface area contributed by atoms with Gasteiger partial charge in [0.05, 0.1) is 29.3 Å². The molecule has 9 heteroatoms. The number of hydrogen-bond donors (Lipinski definition) is 3. The molecule has 0 fully saturated rings. The lowest BCUT2D eigenvalue weighted by atomic mass is 10.1. The molecule has 0 bridgehead atoms. The first-order valence-corrected chi connectivity index (χ1v) is 7.27. The van der Waals surface area contributed by atoms with Crippen LogP contribution < -0.4 is 5.32 Å². The van der Waals surface area contributed by atoms with Crippen LogP contribution in [0, 0.1) is 5.82 Å². The van der Waals surface area contributed by atoms with Gasteiger partial charge < -0.3 is 4.42 Å². The maximum Gasteiger partial charge on any atom is 0.261 e. The van der Waals surface area contributed by atoms with Crippen molar-refractivity contribution in [1.82, 2.24) is 25.4 Å². The van der Waals surface area contributed by atoms with Gasteiger partial charge in [0.15, 0.2) is 5.82 Å². The Bertz CT molecular complexity index is 1020. The van der Waals surface area contributed by atoms with Gasteiger partial charge in [0.2, 0.25) is 5.95 Å². The number of nitrogens with one attached hydrogen (secondary N) is 3. The number of nitrogens with zero attached hydrogens (tertiary/aromatic N) is 3. The first-order valence-electron chi connectivity index (χ1n) is 7.27. The summed E-state index contributed by atoms with van der Waals surface area (Å²) >= 11 is 0. The van der Waals surface area contributed by atoms with E-state index in [4.69, 9.17) is 4.42 Å². The first kappa shape index (κ1) is 14.8. The van der Waals surface area contributed by atoms with E-state index in [1.165, 1.54) is 24.8 Å². The summed E-state index contributed by atoms with van der Waals surface area (Å²) in [6.07, 6.45) is 4.32. The molecule has 1 amide bonds. The second-order valence-corrected chi connectivity index (χ2v) is 5.11. The van der Waals surface area contributed by atoms with E-state index in [0.717, 1.165) is 0 Å². The highest BCUT2D eigenvalue weighted by molar-refractivity contribution is 6.07.